The van der Waals surface area contributed by atoms with E-state index in [4.69, 9.17) is 0 Å². The lowest BCUT2D eigenvalue weighted by Gasteiger charge is -2.13. The van der Waals surface area contributed by atoms with Crippen molar-refractivity contribution in [2.75, 3.05) is 0 Å². The van der Waals surface area contributed by atoms with Crippen LogP contribution in [0.3, 0.4) is 0 Å². The Kier molecular flexibility index (Phi) is 3.31. The van der Waals surface area contributed by atoms with Crippen LogP contribution in [0.4, 0.5) is 4.39 Å². The second-order valence-corrected chi connectivity index (χ2v) is 3.69. The van der Waals surface area contributed by atoms with E-state index >= 15 is 0 Å². The number of rotatable bonds is 4. The molecule has 0 unspecified atom stereocenters. The standard InChI is InChI=1S/C12H14FN3/c1-9(10-3-2-4-11(13)7-10)16-8-12-14-5-6-15-12/h2-7,9,16H,8H2,1H3,(H,14,15)/t9-/m0/s1. The molecule has 1 atom stereocenters. The molecule has 1 heterocycles. The molecule has 0 fully saturated rings. The maximum absolute atomic E-state index is 13.0. The minimum atomic E-state index is -0.204. The van der Waals surface area contributed by atoms with Crippen LogP contribution in [0.15, 0.2) is 36.7 Å². The Hall–Kier alpha value is -1.68. The van der Waals surface area contributed by atoms with Gasteiger partial charge < -0.3 is 10.3 Å². The zero-order chi connectivity index (χ0) is 11.4. The van der Waals surface area contributed by atoms with E-state index in [0.29, 0.717) is 6.54 Å². The molecule has 0 saturated carbocycles. The predicted molar refractivity (Wildman–Crippen MR) is 60.2 cm³/mol. The van der Waals surface area contributed by atoms with E-state index in [9.17, 15) is 4.39 Å². The molecule has 0 bridgehead atoms. The first kappa shape index (κ1) is 10.8. The maximum Gasteiger partial charge on any atom is 0.123 e. The monoisotopic (exact) mass is 219 g/mol. The molecule has 0 aliphatic carbocycles. The van der Waals surface area contributed by atoms with Crippen LogP contribution in [-0.2, 0) is 6.54 Å². The summed E-state index contributed by atoms with van der Waals surface area (Å²) < 4.78 is 13.0. The van der Waals surface area contributed by atoms with E-state index in [1.807, 2.05) is 13.0 Å². The number of benzene rings is 1. The quantitative estimate of drug-likeness (QED) is 0.829. The van der Waals surface area contributed by atoms with Crippen molar-refractivity contribution in [2.24, 2.45) is 0 Å². The van der Waals surface area contributed by atoms with Gasteiger partial charge in [0.25, 0.3) is 0 Å². The summed E-state index contributed by atoms with van der Waals surface area (Å²) in [5, 5.41) is 3.27. The Bertz CT molecular complexity index is 439. The molecule has 3 nitrogen and oxygen atoms in total. The van der Waals surface area contributed by atoms with Crippen LogP contribution in [-0.4, -0.2) is 9.97 Å². The lowest BCUT2D eigenvalue weighted by atomic mass is 10.1. The maximum atomic E-state index is 13.0. The number of hydrogen-bond acceptors (Lipinski definition) is 2. The third kappa shape index (κ3) is 2.67. The number of nitrogens with one attached hydrogen (secondary N) is 2. The lowest BCUT2D eigenvalue weighted by molar-refractivity contribution is 0.554. The highest BCUT2D eigenvalue weighted by Crippen LogP contribution is 2.13. The van der Waals surface area contributed by atoms with Crippen LogP contribution in [0.1, 0.15) is 24.4 Å². The highest BCUT2D eigenvalue weighted by atomic mass is 19.1. The van der Waals surface area contributed by atoms with Crippen molar-refractivity contribution >= 4 is 0 Å². The van der Waals surface area contributed by atoms with Crippen LogP contribution in [0.5, 0.6) is 0 Å². The fourth-order valence-electron chi connectivity index (χ4n) is 1.54. The van der Waals surface area contributed by atoms with E-state index < -0.39 is 0 Å². The number of H-pyrrole nitrogens is 1. The molecular formula is C12H14FN3. The summed E-state index contributed by atoms with van der Waals surface area (Å²) >= 11 is 0. The van der Waals surface area contributed by atoms with Crippen LogP contribution < -0.4 is 5.32 Å². The molecule has 0 spiro atoms. The summed E-state index contributed by atoms with van der Waals surface area (Å²) in [6.07, 6.45) is 3.49. The van der Waals surface area contributed by atoms with Gasteiger partial charge in [0.2, 0.25) is 0 Å². The van der Waals surface area contributed by atoms with Gasteiger partial charge in [-0.1, -0.05) is 12.1 Å². The van der Waals surface area contributed by atoms with Crippen LogP contribution >= 0.6 is 0 Å². The van der Waals surface area contributed by atoms with Crippen LogP contribution in [0, 0.1) is 5.82 Å². The van der Waals surface area contributed by atoms with Gasteiger partial charge in [0.1, 0.15) is 11.6 Å². The fourth-order valence-corrected chi connectivity index (χ4v) is 1.54. The molecule has 16 heavy (non-hydrogen) atoms. The Morgan fingerprint density at radius 3 is 3.06 bits per heavy atom. The third-order valence-electron chi connectivity index (χ3n) is 2.48. The van der Waals surface area contributed by atoms with Gasteiger partial charge >= 0.3 is 0 Å². The van der Waals surface area contributed by atoms with Gasteiger partial charge in [-0.3, -0.25) is 0 Å². The summed E-state index contributed by atoms with van der Waals surface area (Å²) in [6.45, 7) is 2.64. The molecule has 0 amide bonds. The molecule has 2 N–H and O–H groups in total. The molecule has 0 radical (unpaired) electrons. The predicted octanol–water partition coefficient (Wildman–Crippen LogP) is 2.40. The average Bonchev–Trinajstić information content (AvgIpc) is 2.78. The van der Waals surface area contributed by atoms with Gasteiger partial charge in [-0.05, 0) is 24.6 Å². The Morgan fingerprint density at radius 1 is 1.50 bits per heavy atom. The number of halogens is 1. The van der Waals surface area contributed by atoms with E-state index in [1.165, 1.54) is 6.07 Å². The van der Waals surface area contributed by atoms with Crippen molar-refractivity contribution in [3.63, 3.8) is 0 Å². The van der Waals surface area contributed by atoms with Gasteiger partial charge in [-0.25, -0.2) is 9.37 Å². The molecule has 1 aromatic heterocycles. The first-order chi connectivity index (χ1) is 7.75. The van der Waals surface area contributed by atoms with Crippen LogP contribution in [0.25, 0.3) is 0 Å². The number of aromatic nitrogens is 2. The third-order valence-corrected chi connectivity index (χ3v) is 2.48. The van der Waals surface area contributed by atoms with Crippen molar-refractivity contribution in [1.82, 2.24) is 15.3 Å². The summed E-state index contributed by atoms with van der Waals surface area (Å²) in [4.78, 5) is 7.11. The normalized spacial score (nSPS) is 12.6. The molecule has 0 aliphatic heterocycles. The highest BCUT2D eigenvalue weighted by molar-refractivity contribution is 5.19. The summed E-state index contributed by atoms with van der Waals surface area (Å²) in [5.74, 6) is 0.674. The Labute approximate surface area is 93.7 Å². The van der Waals surface area contributed by atoms with E-state index in [-0.39, 0.29) is 11.9 Å². The first-order valence-electron chi connectivity index (χ1n) is 5.23. The fraction of sp³-hybridized carbons (Fsp3) is 0.250. The summed E-state index contributed by atoms with van der Waals surface area (Å²) in [6, 6.07) is 6.71. The van der Waals surface area contributed by atoms with Crippen molar-refractivity contribution in [3.8, 4) is 0 Å². The largest absolute Gasteiger partial charge is 0.348 e. The van der Waals surface area contributed by atoms with Gasteiger partial charge in [-0.2, -0.15) is 0 Å². The number of nitrogens with zero attached hydrogens (tertiary/aromatic N) is 1. The molecule has 1 aromatic carbocycles. The molecule has 2 rings (SSSR count). The van der Waals surface area contributed by atoms with Gasteiger partial charge in [0, 0.05) is 18.4 Å². The van der Waals surface area contributed by atoms with Crippen molar-refractivity contribution in [1.29, 1.82) is 0 Å². The second-order valence-electron chi connectivity index (χ2n) is 3.69. The van der Waals surface area contributed by atoms with Crippen molar-refractivity contribution in [3.05, 3.63) is 53.9 Å². The Morgan fingerprint density at radius 2 is 2.38 bits per heavy atom. The van der Waals surface area contributed by atoms with Gasteiger partial charge in [0.15, 0.2) is 0 Å². The van der Waals surface area contributed by atoms with E-state index in [2.05, 4.69) is 15.3 Å². The SMILES string of the molecule is C[C@H](NCc1ncc[nH]1)c1cccc(F)c1. The average molecular weight is 219 g/mol. The second kappa shape index (κ2) is 4.90. The topological polar surface area (TPSA) is 40.7 Å². The van der Waals surface area contributed by atoms with Gasteiger partial charge in [0.05, 0.1) is 6.54 Å². The Balaban J connectivity index is 1.95. The number of imidazole rings is 1. The van der Waals surface area contributed by atoms with Gasteiger partial charge in [-0.15, -0.1) is 0 Å². The molecule has 0 aliphatic rings. The molecule has 84 valence electrons. The zero-order valence-electron chi connectivity index (χ0n) is 9.07. The number of aromatic amines is 1. The molecular weight excluding hydrogens is 205 g/mol. The zero-order valence-corrected chi connectivity index (χ0v) is 9.07. The number of hydrogen-bond donors (Lipinski definition) is 2. The van der Waals surface area contributed by atoms with Crippen molar-refractivity contribution in [2.45, 2.75) is 19.5 Å². The first-order valence-corrected chi connectivity index (χ1v) is 5.23. The van der Waals surface area contributed by atoms with Crippen LogP contribution in [0.2, 0.25) is 0 Å². The summed E-state index contributed by atoms with van der Waals surface area (Å²) in [5.41, 5.74) is 0.937. The smallest absolute Gasteiger partial charge is 0.123 e. The lowest BCUT2D eigenvalue weighted by Crippen LogP contribution is -2.18. The minimum Gasteiger partial charge on any atom is -0.348 e. The molecule has 0 saturated heterocycles. The van der Waals surface area contributed by atoms with E-state index in [1.54, 1.807) is 24.5 Å². The summed E-state index contributed by atoms with van der Waals surface area (Å²) in [7, 11) is 0. The molecule has 2 aromatic rings. The highest BCUT2D eigenvalue weighted by Gasteiger charge is 2.05. The minimum absolute atomic E-state index is 0.0980. The molecule has 4 heteroatoms. The van der Waals surface area contributed by atoms with E-state index in [0.717, 1.165) is 11.4 Å². The van der Waals surface area contributed by atoms with Crippen molar-refractivity contribution < 1.29 is 4.39 Å².